The zero-order chi connectivity index (χ0) is 15.8. The van der Waals surface area contributed by atoms with Crippen LogP contribution in [0, 0.1) is 40.9 Å². The van der Waals surface area contributed by atoms with Crippen molar-refractivity contribution in [2.45, 2.75) is 70.8 Å². The van der Waals surface area contributed by atoms with E-state index < -0.39 is 0 Å². The lowest BCUT2D eigenvalue weighted by molar-refractivity contribution is -0.183. The first kappa shape index (κ1) is 14.5. The van der Waals surface area contributed by atoms with Gasteiger partial charge in [0.05, 0.1) is 5.41 Å². The molecule has 5 rings (SSSR count). The van der Waals surface area contributed by atoms with Gasteiger partial charge < -0.3 is 4.74 Å². The van der Waals surface area contributed by atoms with E-state index in [1.807, 2.05) is 0 Å². The van der Waals surface area contributed by atoms with Gasteiger partial charge in [0, 0.05) is 5.92 Å². The molecule has 0 aromatic heterocycles. The van der Waals surface area contributed by atoms with Crippen LogP contribution in [0.1, 0.15) is 65.2 Å². The van der Waals surface area contributed by atoms with Crippen LogP contribution >= 0.6 is 0 Å². The standard InChI is InChI=1S/C21H30O2/c1-3-21(12-14-10-18(21)17-6-4-5-16(14)17)23-19(22)20(2)11-13-7-8-15(20)9-13/h7-8,13-18H,3-6,9-12H2,1-2H3. The number of rotatable bonds is 3. The van der Waals surface area contributed by atoms with Gasteiger partial charge in [0.1, 0.15) is 5.60 Å². The topological polar surface area (TPSA) is 26.3 Å². The number of hydrogen-bond acceptors (Lipinski definition) is 2. The Balaban J connectivity index is 1.39. The van der Waals surface area contributed by atoms with E-state index in [2.05, 4.69) is 26.0 Å². The molecule has 0 N–H and O–H groups in total. The summed E-state index contributed by atoms with van der Waals surface area (Å²) < 4.78 is 6.46. The molecule has 5 aliphatic rings. The lowest BCUT2D eigenvalue weighted by atomic mass is 9.71. The number of hydrogen-bond donors (Lipinski definition) is 0. The van der Waals surface area contributed by atoms with Gasteiger partial charge in [0.25, 0.3) is 0 Å². The van der Waals surface area contributed by atoms with Crippen molar-refractivity contribution in [3.63, 3.8) is 0 Å². The largest absolute Gasteiger partial charge is 0.458 e. The molecule has 4 fully saturated rings. The van der Waals surface area contributed by atoms with Crippen molar-refractivity contribution < 1.29 is 9.53 Å². The van der Waals surface area contributed by atoms with Crippen molar-refractivity contribution in [1.29, 1.82) is 0 Å². The van der Waals surface area contributed by atoms with Gasteiger partial charge in [-0.25, -0.2) is 0 Å². The molecule has 0 heterocycles. The maximum Gasteiger partial charge on any atom is 0.312 e. The molecule has 0 spiro atoms. The van der Waals surface area contributed by atoms with E-state index in [9.17, 15) is 4.79 Å². The van der Waals surface area contributed by atoms with Crippen LogP contribution in [0.15, 0.2) is 12.2 Å². The lowest BCUT2D eigenvalue weighted by Crippen LogP contribution is -2.48. The maximum atomic E-state index is 13.2. The number of fused-ring (bicyclic) bond motifs is 7. The van der Waals surface area contributed by atoms with Crippen molar-refractivity contribution in [2.24, 2.45) is 40.9 Å². The number of carbonyl (C=O) groups is 1. The van der Waals surface area contributed by atoms with E-state index in [4.69, 9.17) is 4.74 Å². The summed E-state index contributed by atoms with van der Waals surface area (Å²) in [5, 5.41) is 0. The lowest BCUT2D eigenvalue weighted by Gasteiger charge is -2.44. The molecule has 8 atom stereocenters. The van der Waals surface area contributed by atoms with Gasteiger partial charge in [0.15, 0.2) is 0 Å². The van der Waals surface area contributed by atoms with Gasteiger partial charge in [0.2, 0.25) is 0 Å². The average molecular weight is 314 g/mol. The minimum Gasteiger partial charge on any atom is -0.458 e. The Hall–Kier alpha value is -0.790. The Kier molecular flexibility index (Phi) is 2.93. The average Bonchev–Trinajstić information content (AvgIpc) is 3.30. The third-order valence-corrected chi connectivity index (χ3v) is 8.62. The third kappa shape index (κ3) is 1.79. The molecule has 126 valence electrons. The summed E-state index contributed by atoms with van der Waals surface area (Å²) in [5.41, 5.74) is -0.375. The van der Waals surface area contributed by atoms with E-state index in [0.717, 1.165) is 37.0 Å². The Morgan fingerprint density at radius 3 is 2.70 bits per heavy atom. The van der Waals surface area contributed by atoms with Crippen LogP contribution in [0.4, 0.5) is 0 Å². The van der Waals surface area contributed by atoms with Crippen LogP contribution in [0.3, 0.4) is 0 Å². The van der Waals surface area contributed by atoms with Gasteiger partial charge in [-0.05, 0) is 81.5 Å². The van der Waals surface area contributed by atoms with Crippen LogP contribution in [0.2, 0.25) is 0 Å². The molecule has 5 aliphatic carbocycles. The molecule has 0 amide bonds. The van der Waals surface area contributed by atoms with Crippen molar-refractivity contribution >= 4 is 5.97 Å². The summed E-state index contributed by atoms with van der Waals surface area (Å²) in [5.74, 6) is 4.48. The van der Waals surface area contributed by atoms with Gasteiger partial charge in [-0.1, -0.05) is 25.5 Å². The quantitative estimate of drug-likeness (QED) is 0.556. The Labute approximate surface area is 140 Å². The molecule has 0 aliphatic heterocycles. The smallest absolute Gasteiger partial charge is 0.312 e. The zero-order valence-electron chi connectivity index (χ0n) is 14.6. The Morgan fingerprint density at radius 2 is 2.00 bits per heavy atom. The molecule has 4 saturated carbocycles. The molecular formula is C21H30O2. The van der Waals surface area contributed by atoms with Gasteiger partial charge in [-0.15, -0.1) is 0 Å². The second-order valence-electron chi connectivity index (χ2n) is 9.48. The Morgan fingerprint density at radius 1 is 1.17 bits per heavy atom. The second kappa shape index (κ2) is 4.64. The van der Waals surface area contributed by atoms with Crippen LogP contribution in [0.25, 0.3) is 0 Å². The first-order valence-electron chi connectivity index (χ1n) is 9.97. The fraction of sp³-hybridized carbons (Fsp3) is 0.857. The van der Waals surface area contributed by atoms with E-state index >= 15 is 0 Å². The highest BCUT2D eigenvalue weighted by molar-refractivity contribution is 5.78. The molecule has 2 heteroatoms. The van der Waals surface area contributed by atoms with Crippen molar-refractivity contribution in [3.8, 4) is 0 Å². The summed E-state index contributed by atoms with van der Waals surface area (Å²) in [6, 6.07) is 0. The number of allylic oxidation sites excluding steroid dienone is 2. The molecule has 0 saturated heterocycles. The monoisotopic (exact) mass is 314 g/mol. The summed E-state index contributed by atoms with van der Waals surface area (Å²) in [6.07, 6.45) is 14.5. The fourth-order valence-corrected chi connectivity index (χ4v) is 7.44. The molecule has 23 heavy (non-hydrogen) atoms. The summed E-state index contributed by atoms with van der Waals surface area (Å²) in [6.45, 7) is 4.42. The van der Waals surface area contributed by atoms with Gasteiger partial charge >= 0.3 is 5.97 Å². The third-order valence-electron chi connectivity index (χ3n) is 8.62. The molecule has 0 aromatic rings. The first-order chi connectivity index (χ1) is 11.1. The molecule has 0 radical (unpaired) electrons. The molecule has 8 unspecified atom stereocenters. The van der Waals surface area contributed by atoms with Crippen LogP contribution in [-0.4, -0.2) is 11.6 Å². The SMILES string of the molecule is CCC1(OC(=O)C2(C)CC3C=CC2C3)CC2CC1C1CCCC21. The van der Waals surface area contributed by atoms with Gasteiger partial charge in [-0.3, -0.25) is 4.79 Å². The maximum absolute atomic E-state index is 13.2. The van der Waals surface area contributed by atoms with Crippen molar-refractivity contribution in [2.75, 3.05) is 0 Å². The summed E-state index contributed by atoms with van der Waals surface area (Å²) in [4.78, 5) is 13.2. The summed E-state index contributed by atoms with van der Waals surface area (Å²) >= 11 is 0. The van der Waals surface area contributed by atoms with Crippen LogP contribution in [0.5, 0.6) is 0 Å². The van der Waals surface area contributed by atoms with Crippen molar-refractivity contribution in [1.82, 2.24) is 0 Å². The first-order valence-corrected chi connectivity index (χ1v) is 9.97. The highest BCUT2D eigenvalue weighted by atomic mass is 16.6. The fourth-order valence-electron chi connectivity index (χ4n) is 7.44. The van der Waals surface area contributed by atoms with Crippen molar-refractivity contribution in [3.05, 3.63) is 12.2 Å². The predicted molar refractivity (Wildman–Crippen MR) is 89.6 cm³/mol. The second-order valence-corrected chi connectivity index (χ2v) is 9.48. The molecule has 4 bridgehead atoms. The predicted octanol–water partition coefficient (Wildman–Crippen LogP) is 4.74. The highest BCUT2D eigenvalue weighted by Gasteiger charge is 2.63. The molecular weight excluding hydrogens is 284 g/mol. The van der Waals surface area contributed by atoms with E-state index in [1.54, 1.807) is 0 Å². The van der Waals surface area contributed by atoms with Crippen LogP contribution < -0.4 is 0 Å². The minimum absolute atomic E-state index is 0.123. The zero-order valence-corrected chi connectivity index (χ0v) is 14.6. The number of ether oxygens (including phenoxy) is 1. The highest BCUT2D eigenvalue weighted by Crippen LogP contribution is 2.65. The van der Waals surface area contributed by atoms with Crippen LogP contribution in [-0.2, 0) is 9.53 Å². The summed E-state index contributed by atoms with van der Waals surface area (Å²) in [7, 11) is 0. The van der Waals surface area contributed by atoms with Gasteiger partial charge in [-0.2, -0.15) is 0 Å². The molecule has 2 nitrogen and oxygen atoms in total. The Bertz CT molecular complexity index is 566. The van der Waals surface area contributed by atoms with E-state index in [1.165, 1.54) is 32.1 Å². The molecule has 0 aromatic carbocycles. The minimum atomic E-state index is -0.251. The number of esters is 1. The number of carbonyl (C=O) groups excluding carboxylic acids is 1. The van der Waals surface area contributed by atoms with E-state index in [-0.39, 0.29) is 17.0 Å². The van der Waals surface area contributed by atoms with E-state index in [0.29, 0.717) is 17.8 Å². The normalized spacial score (nSPS) is 55.6.